The quantitative estimate of drug-likeness (QED) is 0.753. The van der Waals surface area contributed by atoms with Crippen molar-refractivity contribution in [2.24, 2.45) is 13.0 Å². The molecule has 1 saturated heterocycles. The zero-order chi connectivity index (χ0) is 12.4. The lowest BCUT2D eigenvalue weighted by Crippen LogP contribution is -2.56. The summed E-state index contributed by atoms with van der Waals surface area (Å²) in [5.41, 5.74) is 0.913. The predicted molar refractivity (Wildman–Crippen MR) is 58.1 cm³/mol. The summed E-state index contributed by atoms with van der Waals surface area (Å²) in [5, 5.41) is 15.4. The molecule has 0 spiro atoms. The second-order valence-electron chi connectivity index (χ2n) is 4.12. The number of urea groups is 1. The molecule has 0 radical (unpaired) electrons. The van der Waals surface area contributed by atoms with Gasteiger partial charge in [0, 0.05) is 38.4 Å². The fourth-order valence-electron chi connectivity index (χ4n) is 1.65. The number of carbonyl (C=O) groups is 2. The lowest BCUT2D eigenvalue weighted by atomic mass is 10.0. The summed E-state index contributed by atoms with van der Waals surface area (Å²) in [7, 11) is 1.80. The average Bonchev–Trinajstić information content (AvgIpc) is 2.58. The third-order valence-corrected chi connectivity index (χ3v) is 2.72. The van der Waals surface area contributed by atoms with Crippen molar-refractivity contribution in [1.82, 2.24) is 20.0 Å². The van der Waals surface area contributed by atoms with Crippen LogP contribution in [0.5, 0.6) is 0 Å². The molecule has 7 nitrogen and oxygen atoms in total. The number of aryl methyl sites for hydroxylation is 1. The molecule has 2 amide bonds. The first-order chi connectivity index (χ1) is 8.06. The van der Waals surface area contributed by atoms with Gasteiger partial charge in [0.2, 0.25) is 0 Å². The number of rotatable bonds is 3. The van der Waals surface area contributed by atoms with Gasteiger partial charge in [0.15, 0.2) is 0 Å². The van der Waals surface area contributed by atoms with E-state index in [-0.39, 0.29) is 19.1 Å². The van der Waals surface area contributed by atoms with Crippen molar-refractivity contribution < 1.29 is 14.7 Å². The Morgan fingerprint density at radius 3 is 2.82 bits per heavy atom. The number of hydrogen-bond acceptors (Lipinski definition) is 3. The molecule has 2 heterocycles. The monoisotopic (exact) mass is 238 g/mol. The van der Waals surface area contributed by atoms with Crippen LogP contribution in [0.4, 0.5) is 4.79 Å². The second-order valence-corrected chi connectivity index (χ2v) is 4.12. The van der Waals surface area contributed by atoms with Gasteiger partial charge in [-0.3, -0.25) is 9.48 Å². The van der Waals surface area contributed by atoms with Crippen LogP contribution in [0.1, 0.15) is 5.56 Å². The van der Waals surface area contributed by atoms with Crippen LogP contribution in [0.15, 0.2) is 12.4 Å². The fourth-order valence-corrected chi connectivity index (χ4v) is 1.65. The minimum absolute atomic E-state index is 0.230. The number of hydrogen-bond donors (Lipinski definition) is 2. The van der Waals surface area contributed by atoms with Crippen LogP contribution >= 0.6 is 0 Å². The zero-order valence-corrected chi connectivity index (χ0v) is 9.46. The van der Waals surface area contributed by atoms with E-state index >= 15 is 0 Å². The molecule has 17 heavy (non-hydrogen) atoms. The summed E-state index contributed by atoms with van der Waals surface area (Å²) >= 11 is 0. The van der Waals surface area contributed by atoms with Gasteiger partial charge in [-0.15, -0.1) is 0 Å². The topological polar surface area (TPSA) is 87.5 Å². The van der Waals surface area contributed by atoms with Gasteiger partial charge in [0.1, 0.15) is 0 Å². The van der Waals surface area contributed by atoms with E-state index in [9.17, 15) is 9.59 Å². The molecule has 1 aromatic rings. The van der Waals surface area contributed by atoms with Gasteiger partial charge in [-0.05, 0) is 0 Å². The van der Waals surface area contributed by atoms with Crippen LogP contribution in [0.3, 0.4) is 0 Å². The number of nitrogens with zero attached hydrogens (tertiary/aromatic N) is 3. The predicted octanol–water partition coefficient (Wildman–Crippen LogP) is -0.354. The molecule has 7 heteroatoms. The van der Waals surface area contributed by atoms with Crippen molar-refractivity contribution in [3.8, 4) is 0 Å². The Morgan fingerprint density at radius 1 is 1.59 bits per heavy atom. The van der Waals surface area contributed by atoms with Crippen molar-refractivity contribution in [1.29, 1.82) is 0 Å². The van der Waals surface area contributed by atoms with Gasteiger partial charge in [-0.25, -0.2) is 4.79 Å². The summed E-state index contributed by atoms with van der Waals surface area (Å²) in [6.07, 6.45) is 3.49. The van der Waals surface area contributed by atoms with Gasteiger partial charge in [-0.1, -0.05) is 0 Å². The van der Waals surface area contributed by atoms with Gasteiger partial charge >= 0.3 is 12.0 Å². The van der Waals surface area contributed by atoms with Crippen LogP contribution < -0.4 is 5.32 Å². The lowest BCUT2D eigenvalue weighted by molar-refractivity contribution is -0.146. The first-order valence-electron chi connectivity index (χ1n) is 5.29. The van der Waals surface area contributed by atoms with Gasteiger partial charge in [-0.2, -0.15) is 5.10 Å². The van der Waals surface area contributed by atoms with Crippen molar-refractivity contribution in [3.05, 3.63) is 18.0 Å². The van der Waals surface area contributed by atoms with Crippen LogP contribution in [-0.2, 0) is 18.4 Å². The third kappa shape index (κ3) is 2.55. The van der Waals surface area contributed by atoms with Crippen molar-refractivity contribution in [2.75, 3.05) is 13.1 Å². The third-order valence-electron chi connectivity index (χ3n) is 2.72. The normalized spacial score (nSPS) is 15.5. The van der Waals surface area contributed by atoms with Crippen LogP contribution in [0, 0.1) is 5.92 Å². The lowest BCUT2D eigenvalue weighted by Gasteiger charge is -2.36. The van der Waals surface area contributed by atoms with E-state index in [4.69, 9.17) is 5.11 Å². The maximum Gasteiger partial charge on any atom is 0.317 e. The number of aliphatic carboxylic acids is 1. The number of amides is 2. The van der Waals surface area contributed by atoms with Crippen LogP contribution in [-0.4, -0.2) is 44.9 Å². The summed E-state index contributed by atoms with van der Waals surface area (Å²) in [4.78, 5) is 23.6. The summed E-state index contributed by atoms with van der Waals surface area (Å²) in [6.45, 7) is 0.976. The minimum Gasteiger partial charge on any atom is -0.481 e. The molecule has 0 aromatic carbocycles. The maximum absolute atomic E-state index is 11.6. The van der Waals surface area contributed by atoms with Crippen molar-refractivity contribution >= 4 is 12.0 Å². The molecule has 92 valence electrons. The SMILES string of the molecule is Cn1cc(CNC(=O)N2CC(C(=O)O)C2)cn1. The Bertz CT molecular complexity index is 437. The molecule has 1 fully saturated rings. The van der Waals surface area contributed by atoms with Crippen LogP contribution in [0.25, 0.3) is 0 Å². The molecular weight excluding hydrogens is 224 g/mol. The number of likely N-dealkylation sites (tertiary alicyclic amines) is 1. The molecule has 0 aliphatic carbocycles. The number of nitrogens with one attached hydrogen (secondary N) is 1. The number of carbonyl (C=O) groups excluding carboxylic acids is 1. The number of aromatic nitrogens is 2. The first-order valence-corrected chi connectivity index (χ1v) is 5.29. The van der Waals surface area contributed by atoms with Crippen LogP contribution in [0.2, 0.25) is 0 Å². The largest absolute Gasteiger partial charge is 0.481 e. The molecule has 0 atom stereocenters. The molecular formula is C10H14N4O3. The van der Waals surface area contributed by atoms with E-state index in [0.29, 0.717) is 6.54 Å². The smallest absolute Gasteiger partial charge is 0.317 e. The standard InChI is InChI=1S/C10H14N4O3/c1-13-4-7(3-12-13)2-11-10(17)14-5-8(6-14)9(15)16/h3-4,8H,2,5-6H2,1H3,(H,11,17)(H,15,16). The van der Waals surface area contributed by atoms with Crippen molar-refractivity contribution in [2.45, 2.75) is 6.54 Å². The summed E-state index contributed by atoms with van der Waals surface area (Å²) < 4.78 is 1.66. The van der Waals surface area contributed by atoms with E-state index in [1.54, 1.807) is 17.9 Å². The molecule has 0 unspecified atom stereocenters. The molecule has 1 aromatic heterocycles. The fraction of sp³-hybridized carbons (Fsp3) is 0.500. The van der Waals surface area contributed by atoms with Gasteiger partial charge in [0.05, 0.1) is 12.1 Å². The zero-order valence-electron chi connectivity index (χ0n) is 9.46. The van der Waals surface area contributed by atoms with E-state index < -0.39 is 11.9 Å². The van der Waals surface area contributed by atoms with E-state index in [1.165, 1.54) is 4.90 Å². The Kier molecular flexibility index (Phi) is 2.99. The highest BCUT2D eigenvalue weighted by molar-refractivity contribution is 5.79. The molecule has 1 aliphatic heterocycles. The highest BCUT2D eigenvalue weighted by Crippen LogP contribution is 2.15. The van der Waals surface area contributed by atoms with E-state index in [0.717, 1.165) is 5.56 Å². The second kappa shape index (κ2) is 4.44. The Labute approximate surface area is 98.0 Å². The number of carboxylic acids is 1. The van der Waals surface area contributed by atoms with E-state index in [2.05, 4.69) is 10.4 Å². The maximum atomic E-state index is 11.6. The highest BCUT2D eigenvalue weighted by Gasteiger charge is 2.35. The molecule has 0 saturated carbocycles. The van der Waals surface area contributed by atoms with Gasteiger partial charge in [0.25, 0.3) is 0 Å². The molecule has 0 bridgehead atoms. The highest BCUT2D eigenvalue weighted by atomic mass is 16.4. The van der Waals surface area contributed by atoms with E-state index in [1.807, 2.05) is 6.20 Å². The molecule has 1 aliphatic rings. The first kappa shape index (κ1) is 11.4. The Morgan fingerprint density at radius 2 is 2.29 bits per heavy atom. The Balaban J connectivity index is 1.74. The Hall–Kier alpha value is -2.05. The number of carboxylic acid groups (broad SMARTS) is 1. The van der Waals surface area contributed by atoms with Gasteiger partial charge < -0.3 is 15.3 Å². The van der Waals surface area contributed by atoms with Crippen molar-refractivity contribution in [3.63, 3.8) is 0 Å². The minimum atomic E-state index is -0.846. The average molecular weight is 238 g/mol. The summed E-state index contributed by atoms with van der Waals surface area (Å²) in [5.74, 6) is -1.26. The summed E-state index contributed by atoms with van der Waals surface area (Å²) in [6, 6.07) is -0.230. The molecule has 2 N–H and O–H groups in total. The molecule has 2 rings (SSSR count).